The average Bonchev–Trinajstić information content (AvgIpc) is 2.82. The molecular weight excluding hydrogens is 424 g/mol. The number of rotatable bonds is 7. The Morgan fingerprint density at radius 1 is 0.469 bits per heavy atom. The van der Waals surface area contributed by atoms with Gasteiger partial charge in [-0.25, -0.2) is 0 Å². The van der Waals surface area contributed by atoms with E-state index in [0.717, 1.165) is 0 Å². The van der Waals surface area contributed by atoms with Gasteiger partial charge in [-0.1, -0.05) is 130 Å². The molecule has 0 aromatic heterocycles. The topological polar surface area (TPSA) is 0 Å². The third kappa shape index (κ3) is 5.68. The summed E-state index contributed by atoms with van der Waals surface area (Å²) in [6.45, 7) is 8.88. The number of hydrogen-bond donors (Lipinski definition) is 0. The van der Waals surface area contributed by atoms with E-state index in [1.54, 1.807) is 0 Å². The fourth-order valence-electron chi connectivity index (χ4n) is 3.82. The Morgan fingerprint density at radius 2 is 0.844 bits per heavy atom. The Balaban J connectivity index is 1.35. The third-order valence-corrected chi connectivity index (χ3v) is 9.11. The van der Waals surface area contributed by atoms with Crippen molar-refractivity contribution in [1.82, 2.24) is 0 Å². The molecule has 0 saturated heterocycles. The van der Waals surface area contributed by atoms with E-state index >= 15 is 0 Å². The molecule has 4 aromatic carbocycles. The van der Waals surface area contributed by atoms with Crippen LogP contribution in [0.1, 0.15) is 46.6 Å². The minimum atomic E-state index is 0.445. The highest BCUT2D eigenvalue weighted by molar-refractivity contribution is 8.76. The molecule has 0 saturated carbocycles. The van der Waals surface area contributed by atoms with Crippen molar-refractivity contribution in [3.8, 4) is 22.3 Å². The average molecular weight is 455 g/mol. The van der Waals surface area contributed by atoms with Crippen LogP contribution in [0, 0.1) is 13.8 Å². The zero-order valence-corrected chi connectivity index (χ0v) is 20.8. The van der Waals surface area contributed by atoms with E-state index in [9.17, 15) is 0 Å². The van der Waals surface area contributed by atoms with Crippen molar-refractivity contribution in [2.75, 3.05) is 0 Å². The van der Waals surface area contributed by atoms with Gasteiger partial charge in [-0.2, -0.15) is 0 Å². The zero-order chi connectivity index (χ0) is 22.5. The fraction of sp³-hybridized carbons (Fsp3) is 0.200. The Hall–Kier alpha value is -2.42. The Bertz CT molecular complexity index is 1070. The molecule has 0 fully saturated rings. The van der Waals surface area contributed by atoms with Crippen molar-refractivity contribution in [3.63, 3.8) is 0 Å². The lowest BCUT2D eigenvalue weighted by molar-refractivity contribution is 1.10. The molecule has 4 rings (SSSR count). The summed E-state index contributed by atoms with van der Waals surface area (Å²) >= 11 is 0. The molecule has 0 bridgehead atoms. The first-order valence-corrected chi connectivity index (χ1v) is 13.4. The standard InChI is InChI=1S/C30H30S2/c1-21-7-5-9-29(19-21)27-15-11-25(12-16-27)23(3)31-32-24(4)26-13-17-28(18-14-26)30-10-6-8-22(2)20-30/h5-20,23-24H,1-4H3/t23-,24-/m1/s1. The zero-order valence-electron chi connectivity index (χ0n) is 19.2. The highest BCUT2D eigenvalue weighted by Crippen LogP contribution is 2.46. The second-order valence-corrected chi connectivity index (χ2v) is 11.4. The van der Waals surface area contributed by atoms with Crippen molar-refractivity contribution in [2.45, 2.75) is 38.2 Å². The molecule has 0 unspecified atom stereocenters. The van der Waals surface area contributed by atoms with Crippen LogP contribution in [-0.4, -0.2) is 0 Å². The Kier molecular flexibility index (Phi) is 7.44. The molecule has 0 nitrogen and oxygen atoms in total. The van der Waals surface area contributed by atoms with Crippen molar-refractivity contribution in [1.29, 1.82) is 0 Å². The molecule has 0 amide bonds. The van der Waals surface area contributed by atoms with Gasteiger partial charge in [0.2, 0.25) is 0 Å². The van der Waals surface area contributed by atoms with Crippen LogP contribution in [0.4, 0.5) is 0 Å². The summed E-state index contributed by atoms with van der Waals surface area (Å²) in [6.07, 6.45) is 0. The molecule has 0 N–H and O–H groups in total. The van der Waals surface area contributed by atoms with Crippen LogP contribution in [0.3, 0.4) is 0 Å². The van der Waals surface area contributed by atoms with Gasteiger partial charge in [-0.15, -0.1) is 0 Å². The van der Waals surface area contributed by atoms with Crippen LogP contribution < -0.4 is 0 Å². The van der Waals surface area contributed by atoms with Gasteiger partial charge in [0.15, 0.2) is 0 Å². The van der Waals surface area contributed by atoms with Crippen molar-refractivity contribution in [2.24, 2.45) is 0 Å². The normalized spacial score (nSPS) is 13.0. The van der Waals surface area contributed by atoms with Gasteiger partial charge in [0, 0.05) is 10.5 Å². The molecule has 4 aromatic rings. The highest BCUT2D eigenvalue weighted by Gasteiger charge is 2.12. The van der Waals surface area contributed by atoms with Crippen molar-refractivity contribution < 1.29 is 0 Å². The molecular formula is C30H30S2. The van der Waals surface area contributed by atoms with Crippen LogP contribution in [-0.2, 0) is 0 Å². The first-order chi connectivity index (χ1) is 15.5. The Morgan fingerprint density at radius 3 is 1.19 bits per heavy atom. The predicted molar refractivity (Wildman–Crippen MR) is 145 cm³/mol. The second kappa shape index (κ2) is 10.5. The lowest BCUT2D eigenvalue weighted by Gasteiger charge is -2.16. The number of aryl methyl sites for hydroxylation is 2. The van der Waals surface area contributed by atoms with Crippen molar-refractivity contribution >= 4 is 21.6 Å². The van der Waals surface area contributed by atoms with Gasteiger partial charge in [-0.05, 0) is 61.1 Å². The van der Waals surface area contributed by atoms with E-state index in [2.05, 4.69) is 125 Å². The first-order valence-electron chi connectivity index (χ1n) is 11.2. The van der Waals surface area contributed by atoms with E-state index < -0.39 is 0 Å². The fourth-order valence-corrected chi connectivity index (χ4v) is 6.36. The number of benzene rings is 4. The third-order valence-electron chi connectivity index (χ3n) is 5.81. The smallest absolute Gasteiger partial charge is 0.0373 e. The van der Waals surface area contributed by atoms with Gasteiger partial charge in [0.1, 0.15) is 0 Å². The quantitative estimate of drug-likeness (QED) is 0.255. The largest absolute Gasteiger partial charge is 0.0856 e. The molecule has 2 heteroatoms. The van der Waals surface area contributed by atoms with E-state index in [0.29, 0.717) is 10.5 Å². The first kappa shape index (κ1) is 22.8. The Labute approximate surface area is 200 Å². The summed E-state index contributed by atoms with van der Waals surface area (Å²) in [5, 5.41) is 0.890. The lowest BCUT2D eigenvalue weighted by atomic mass is 10.0. The summed E-state index contributed by atoms with van der Waals surface area (Å²) in [5.41, 5.74) is 10.5. The van der Waals surface area contributed by atoms with Crippen LogP contribution in [0.15, 0.2) is 97.1 Å². The van der Waals surface area contributed by atoms with Gasteiger partial charge in [-0.3, -0.25) is 0 Å². The lowest BCUT2D eigenvalue weighted by Crippen LogP contribution is -1.90. The minimum absolute atomic E-state index is 0.445. The van der Waals surface area contributed by atoms with E-state index in [1.807, 2.05) is 21.6 Å². The summed E-state index contributed by atoms with van der Waals surface area (Å²) in [4.78, 5) is 0. The van der Waals surface area contributed by atoms with Crippen molar-refractivity contribution in [3.05, 3.63) is 119 Å². The second-order valence-electron chi connectivity index (χ2n) is 8.46. The van der Waals surface area contributed by atoms with Gasteiger partial charge < -0.3 is 0 Å². The van der Waals surface area contributed by atoms with E-state index in [1.165, 1.54) is 44.5 Å². The maximum absolute atomic E-state index is 2.30. The SMILES string of the molecule is Cc1cccc(-c2ccc([C@@H](C)SS[C@H](C)c3ccc(-c4cccc(C)c4)cc3)cc2)c1. The van der Waals surface area contributed by atoms with E-state index in [-0.39, 0.29) is 0 Å². The maximum atomic E-state index is 2.30. The highest BCUT2D eigenvalue weighted by atomic mass is 33.1. The van der Waals surface area contributed by atoms with Gasteiger partial charge in [0.05, 0.1) is 0 Å². The van der Waals surface area contributed by atoms with Crippen LogP contribution >= 0.6 is 21.6 Å². The molecule has 0 radical (unpaired) electrons. The van der Waals surface area contributed by atoms with Gasteiger partial charge >= 0.3 is 0 Å². The molecule has 162 valence electrons. The molecule has 0 aliphatic rings. The minimum Gasteiger partial charge on any atom is -0.0856 e. The number of hydrogen-bond acceptors (Lipinski definition) is 2. The predicted octanol–water partition coefficient (Wildman–Crippen LogP) is 9.84. The summed E-state index contributed by atoms with van der Waals surface area (Å²) in [6, 6.07) is 35.5. The maximum Gasteiger partial charge on any atom is 0.0373 e. The van der Waals surface area contributed by atoms with E-state index in [4.69, 9.17) is 0 Å². The van der Waals surface area contributed by atoms with Crippen LogP contribution in [0.2, 0.25) is 0 Å². The summed E-state index contributed by atoms with van der Waals surface area (Å²) in [5.74, 6) is 0. The molecule has 0 aliphatic carbocycles. The monoisotopic (exact) mass is 454 g/mol. The van der Waals surface area contributed by atoms with Crippen LogP contribution in [0.5, 0.6) is 0 Å². The molecule has 2 atom stereocenters. The summed E-state index contributed by atoms with van der Waals surface area (Å²) in [7, 11) is 3.91. The molecule has 0 heterocycles. The molecule has 0 spiro atoms. The van der Waals surface area contributed by atoms with Crippen LogP contribution in [0.25, 0.3) is 22.3 Å². The van der Waals surface area contributed by atoms with Gasteiger partial charge in [0.25, 0.3) is 0 Å². The molecule has 0 aliphatic heterocycles. The molecule has 32 heavy (non-hydrogen) atoms. The summed E-state index contributed by atoms with van der Waals surface area (Å²) < 4.78 is 0.